The van der Waals surface area contributed by atoms with Gasteiger partial charge >= 0.3 is 18.0 Å². The molecule has 2 aliphatic rings. The third-order valence-electron chi connectivity index (χ3n) is 6.38. The van der Waals surface area contributed by atoms with Crippen molar-refractivity contribution in [3.63, 3.8) is 0 Å². The minimum atomic E-state index is -1.41. The number of ether oxygens (including phenoxy) is 3. The Hall–Kier alpha value is -3.10. The summed E-state index contributed by atoms with van der Waals surface area (Å²) in [5, 5.41) is 5.46. The molecular weight excluding hydrogens is 428 g/mol. The second-order valence-electron chi connectivity index (χ2n) is 8.41. The van der Waals surface area contributed by atoms with Crippen molar-refractivity contribution in [3.8, 4) is 0 Å². The Balaban J connectivity index is 2.28. The number of carbonyl (C=O) groups is 4. The summed E-state index contributed by atoms with van der Waals surface area (Å²) in [7, 11) is 0. The Morgan fingerprint density at radius 2 is 1.64 bits per heavy atom. The fourth-order valence-electron chi connectivity index (χ4n) is 4.52. The summed E-state index contributed by atoms with van der Waals surface area (Å²) in [6, 6.07) is -0.922. The Bertz CT molecular complexity index is 796. The van der Waals surface area contributed by atoms with E-state index in [1.165, 1.54) is 18.2 Å². The van der Waals surface area contributed by atoms with Gasteiger partial charge in [0.2, 0.25) is 5.91 Å². The first-order valence-corrected chi connectivity index (χ1v) is 11.2. The average molecular weight is 463 g/mol. The summed E-state index contributed by atoms with van der Waals surface area (Å²) in [5.41, 5.74) is -1.41. The standard InChI is InChI=1S/C24H34N2O7/c1-6-12-31-20(27)17-16-10-11-24(18(16)17,26-23(30)33-14-8-3)22(29)25-19(15(5)9-4)21(28)32-13-7-2/h6-8,15-19H,1-3,9-14H2,4-5H3,(H,25,29)(H,26,30)/t15?,16-,17-,18-,19-,24-/m0/s1. The molecular formula is C24H34N2O7. The third-order valence-corrected chi connectivity index (χ3v) is 6.38. The van der Waals surface area contributed by atoms with Gasteiger partial charge in [0.1, 0.15) is 31.4 Å². The van der Waals surface area contributed by atoms with Crippen LogP contribution in [0, 0.1) is 23.7 Å². The van der Waals surface area contributed by atoms with Gasteiger partial charge in [0.25, 0.3) is 0 Å². The molecule has 33 heavy (non-hydrogen) atoms. The third kappa shape index (κ3) is 5.83. The molecule has 0 aliphatic heterocycles. The summed E-state index contributed by atoms with van der Waals surface area (Å²) >= 11 is 0. The minimum absolute atomic E-state index is 0.0147. The van der Waals surface area contributed by atoms with E-state index in [4.69, 9.17) is 14.2 Å². The van der Waals surface area contributed by atoms with E-state index in [0.717, 1.165) is 0 Å². The van der Waals surface area contributed by atoms with Crippen molar-refractivity contribution in [2.24, 2.45) is 23.7 Å². The molecule has 0 spiro atoms. The lowest BCUT2D eigenvalue weighted by molar-refractivity contribution is -0.150. The summed E-state index contributed by atoms with van der Waals surface area (Å²) in [5.74, 6) is -2.90. The largest absolute Gasteiger partial charge is 0.461 e. The van der Waals surface area contributed by atoms with Gasteiger partial charge in [-0.1, -0.05) is 58.2 Å². The Labute approximate surface area is 194 Å². The first kappa shape index (κ1) is 26.2. The van der Waals surface area contributed by atoms with Crippen molar-refractivity contribution in [2.75, 3.05) is 19.8 Å². The lowest BCUT2D eigenvalue weighted by Gasteiger charge is -2.34. The second kappa shape index (κ2) is 11.7. The predicted molar refractivity (Wildman–Crippen MR) is 121 cm³/mol. The van der Waals surface area contributed by atoms with Crippen LogP contribution in [0.15, 0.2) is 38.0 Å². The molecule has 9 heteroatoms. The van der Waals surface area contributed by atoms with Gasteiger partial charge in [-0.3, -0.25) is 9.59 Å². The van der Waals surface area contributed by atoms with Crippen LogP contribution in [0.3, 0.4) is 0 Å². The van der Waals surface area contributed by atoms with Crippen LogP contribution < -0.4 is 10.6 Å². The SMILES string of the molecule is C=CCOC(=O)N[C@@]1(C(=O)N[C@H](C(=O)OCC=C)C(C)CC)CC[C@H]2[C@H](C(=O)OCC=C)[C@H]21. The van der Waals surface area contributed by atoms with Crippen molar-refractivity contribution in [1.29, 1.82) is 0 Å². The van der Waals surface area contributed by atoms with Crippen molar-refractivity contribution in [3.05, 3.63) is 38.0 Å². The molecule has 0 aromatic heterocycles. The molecule has 6 atom stereocenters. The second-order valence-corrected chi connectivity index (χ2v) is 8.41. The molecule has 2 amide bonds. The van der Waals surface area contributed by atoms with E-state index >= 15 is 0 Å². The Morgan fingerprint density at radius 3 is 2.24 bits per heavy atom. The molecule has 2 rings (SSSR count). The predicted octanol–water partition coefficient (Wildman–Crippen LogP) is 2.28. The van der Waals surface area contributed by atoms with E-state index in [2.05, 4.69) is 30.4 Å². The number of hydrogen-bond donors (Lipinski definition) is 2. The van der Waals surface area contributed by atoms with E-state index in [0.29, 0.717) is 19.3 Å². The van der Waals surface area contributed by atoms with Gasteiger partial charge in [-0.2, -0.15) is 0 Å². The number of alkyl carbamates (subject to hydrolysis) is 1. The molecule has 0 radical (unpaired) electrons. The van der Waals surface area contributed by atoms with Gasteiger partial charge in [-0.25, -0.2) is 9.59 Å². The lowest BCUT2D eigenvalue weighted by atomic mass is 9.88. The highest BCUT2D eigenvalue weighted by Gasteiger charge is 2.72. The maximum absolute atomic E-state index is 13.6. The molecule has 0 aromatic rings. The van der Waals surface area contributed by atoms with E-state index in [-0.39, 0.29) is 31.7 Å². The van der Waals surface area contributed by atoms with E-state index in [1.807, 2.05) is 13.8 Å². The number of esters is 2. The number of hydrogen-bond acceptors (Lipinski definition) is 7. The number of fused-ring (bicyclic) bond motifs is 1. The highest BCUT2D eigenvalue weighted by Crippen LogP contribution is 2.62. The Morgan fingerprint density at radius 1 is 1.03 bits per heavy atom. The van der Waals surface area contributed by atoms with Gasteiger partial charge in [0.05, 0.1) is 5.92 Å². The van der Waals surface area contributed by atoms with Crippen molar-refractivity contribution < 1.29 is 33.4 Å². The summed E-state index contributed by atoms with van der Waals surface area (Å²) in [6.07, 6.45) is 4.97. The van der Waals surface area contributed by atoms with Crippen molar-refractivity contribution >= 4 is 23.9 Å². The smallest absolute Gasteiger partial charge is 0.408 e. The fraction of sp³-hybridized carbons (Fsp3) is 0.583. The summed E-state index contributed by atoms with van der Waals surface area (Å²) < 4.78 is 15.4. The minimum Gasteiger partial charge on any atom is -0.461 e. The monoisotopic (exact) mass is 462 g/mol. The van der Waals surface area contributed by atoms with E-state index in [1.54, 1.807) is 0 Å². The molecule has 2 fully saturated rings. The molecule has 0 aromatic carbocycles. The molecule has 2 saturated carbocycles. The average Bonchev–Trinajstić information content (AvgIpc) is 3.44. The highest BCUT2D eigenvalue weighted by molar-refractivity contribution is 5.96. The molecule has 1 unspecified atom stereocenters. The Kier molecular flexibility index (Phi) is 9.25. The van der Waals surface area contributed by atoms with Gasteiger partial charge in [0, 0.05) is 5.92 Å². The van der Waals surface area contributed by atoms with Crippen LogP contribution in [0.2, 0.25) is 0 Å². The molecule has 182 valence electrons. The summed E-state index contributed by atoms with van der Waals surface area (Å²) in [4.78, 5) is 51.2. The van der Waals surface area contributed by atoms with Crippen molar-refractivity contribution in [1.82, 2.24) is 10.6 Å². The molecule has 2 aliphatic carbocycles. The summed E-state index contributed by atoms with van der Waals surface area (Å²) in [6.45, 7) is 14.3. The van der Waals surface area contributed by atoms with Crippen LogP contribution >= 0.6 is 0 Å². The molecule has 2 N–H and O–H groups in total. The molecule has 9 nitrogen and oxygen atoms in total. The van der Waals surface area contributed by atoms with Gasteiger partial charge < -0.3 is 24.8 Å². The number of rotatable bonds is 13. The lowest BCUT2D eigenvalue weighted by Crippen LogP contribution is -2.63. The molecule has 0 saturated heterocycles. The van der Waals surface area contributed by atoms with Crippen molar-refractivity contribution in [2.45, 2.75) is 44.7 Å². The number of nitrogens with one attached hydrogen (secondary N) is 2. The van der Waals surface area contributed by atoms with Crippen LogP contribution in [0.25, 0.3) is 0 Å². The zero-order valence-corrected chi connectivity index (χ0v) is 19.3. The first-order valence-electron chi connectivity index (χ1n) is 11.2. The van der Waals surface area contributed by atoms with E-state index in [9.17, 15) is 19.2 Å². The fourth-order valence-corrected chi connectivity index (χ4v) is 4.52. The van der Waals surface area contributed by atoms with Crippen LogP contribution in [-0.2, 0) is 28.6 Å². The quantitative estimate of drug-likeness (QED) is 0.245. The number of amides is 2. The molecule has 0 heterocycles. The normalized spacial score (nSPS) is 26.5. The zero-order chi connectivity index (χ0) is 24.6. The number of carbonyl (C=O) groups excluding carboxylic acids is 4. The van der Waals surface area contributed by atoms with E-state index < -0.39 is 47.4 Å². The van der Waals surface area contributed by atoms with Crippen LogP contribution in [0.1, 0.15) is 33.1 Å². The van der Waals surface area contributed by atoms with Crippen LogP contribution in [0.4, 0.5) is 4.79 Å². The maximum atomic E-state index is 13.6. The van der Waals surface area contributed by atoms with Gasteiger partial charge in [-0.05, 0) is 24.7 Å². The van der Waals surface area contributed by atoms with Gasteiger partial charge in [-0.15, -0.1) is 0 Å². The topological polar surface area (TPSA) is 120 Å². The first-order chi connectivity index (χ1) is 15.8. The zero-order valence-electron chi connectivity index (χ0n) is 19.3. The van der Waals surface area contributed by atoms with Crippen LogP contribution in [0.5, 0.6) is 0 Å². The van der Waals surface area contributed by atoms with Crippen LogP contribution in [-0.4, -0.2) is 55.3 Å². The highest BCUT2D eigenvalue weighted by atomic mass is 16.6. The maximum Gasteiger partial charge on any atom is 0.408 e. The molecule has 0 bridgehead atoms. The van der Waals surface area contributed by atoms with Gasteiger partial charge in [0.15, 0.2) is 0 Å².